The van der Waals surface area contributed by atoms with Crippen LogP contribution in [-0.2, 0) is 5.41 Å². The largest absolute Gasteiger partial charge is 0.431 e. The van der Waals surface area contributed by atoms with Crippen LogP contribution in [0.3, 0.4) is 0 Å². The molecule has 0 aliphatic rings. The molecule has 0 saturated heterocycles. The van der Waals surface area contributed by atoms with E-state index < -0.39 is 0 Å². The maximum atomic E-state index is 5.59. The van der Waals surface area contributed by atoms with Crippen molar-refractivity contribution in [1.29, 1.82) is 0 Å². The Hall–Kier alpha value is 0.230. The molecule has 0 aliphatic carbocycles. The van der Waals surface area contributed by atoms with Gasteiger partial charge in [0.1, 0.15) is 9.46 Å². The van der Waals surface area contributed by atoms with E-state index in [0.717, 1.165) is 9.46 Å². The minimum absolute atomic E-state index is 0.0172. The van der Waals surface area contributed by atoms with Gasteiger partial charge in [0, 0.05) is 5.41 Å². The lowest BCUT2D eigenvalue weighted by atomic mass is 9.94. The lowest BCUT2D eigenvalue weighted by molar-refractivity contribution is 0.406. The van der Waals surface area contributed by atoms with Crippen LogP contribution < -0.4 is 0 Å². The summed E-state index contributed by atoms with van der Waals surface area (Å²) in [7, 11) is 0. The fourth-order valence-corrected chi connectivity index (χ4v) is 2.18. The molecule has 11 heavy (non-hydrogen) atoms. The van der Waals surface area contributed by atoms with Crippen LogP contribution in [0.15, 0.2) is 4.42 Å². The molecule has 1 aromatic heterocycles. The molecular formula is C7H9ClINO. The number of rotatable bonds is 0. The van der Waals surface area contributed by atoms with Crippen LogP contribution in [0.1, 0.15) is 26.5 Å². The highest BCUT2D eigenvalue weighted by Crippen LogP contribution is 2.29. The maximum absolute atomic E-state index is 5.59. The highest BCUT2D eigenvalue weighted by molar-refractivity contribution is 14.1. The Morgan fingerprint density at radius 3 is 2.18 bits per heavy atom. The first-order chi connectivity index (χ1) is 4.91. The standard InChI is InChI=1S/C7H9ClINO/c1-7(2,3)4-5(9)10-6(8)11-4/h1-3H3. The molecule has 4 heteroatoms. The van der Waals surface area contributed by atoms with E-state index in [4.69, 9.17) is 16.0 Å². The van der Waals surface area contributed by atoms with Gasteiger partial charge in [-0.2, -0.15) is 4.98 Å². The maximum Gasteiger partial charge on any atom is 0.293 e. The number of hydrogen-bond acceptors (Lipinski definition) is 2. The van der Waals surface area contributed by atoms with E-state index in [1.807, 2.05) is 0 Å². The smallest absolute Gasteiger partial charge is 0.293 e. The summed E-state index contributed by atoms with van der Waals surface area (Å²) >= 11 is 7.71. The molecule has 1 aromatic rings. The van der Waals surface area contributed by atoms with Crippen molar-refractivity contribution in [2.75, 3.05) is 0 Å². The average molecular weight is 286 g/mol. The van der Waals surface area contributed by atoms with E-state index in [-0.39, 0.29) is 10.8 Å². The molecule has 62 valence electrons. The minimum Gasteiger partial charge on any atom is -0.431 e. The van der Waals surface area contributed by atoms with Gasteiger partial charge in [-0.3, -0.25) is 0 Å². The zero-order valence-electron chi connectivity index (χ0n) is 6.61. The Labute approximate surface area is 84.5 Å². The predicted octanol–water partition coefficient (Wildman–Crippen LogP) is 3.23. The van der Waals surface area contributed by atoms with Crippen molar-refractivity contribution >= 4 is 34.2 Å². The molecule has 0 bridgehead atoms. The summed E-state index contributed by atoms with van der Waals surface area (Å²) in [5.41, 5.74) is -0.0172. The summed E-state index contributed by atoms with van der Waals surface area (Å²) < 4.78 is 6.07. The number of hydrogen-bond donors (Lipinski definition) is 0. The van der Waals surface area contributed by atoms with E-state index in [2.05, 4.69) is 48.3 Å². The Morgan fingerprint density at radius 2 is 2.00 bits per heavy atom. The molecule has 0 aromatic carbocycles. The quantitative estimate of drug-likeness (QED) is 0.684. The molecule has 0 saturated carbocycles. The van der Waals surface area contributed by atoms with Gasteiger partial charge in [0.15, 0.2) is 0 Å². The zero-order valence-corrected chi connectivity index (χ0v) is 9.52. The molecule has 0 fully saturated rings. The molecule has 1 rings (SSSR count). The average Bonchev–Trinajstić information content (AvgIpc) is 2.08. The monoisotopic (exact) mass is 285 g/mol. The first-order valence-electron chi connectivity index (χ1n) is 3.23. The molecule has 0 unspecified atom stereocenters. The van der Waals surface area contributed by atoms with Crippen LogP contribution in [0, 0.1) is 3.70 Å². The number of halogens is 2. The van der Waals surface area contributed by atoms with Crippen LogP contribution in [0.2, 0.25) is 5.35 Å². The lowest BCUT2D eigenvalue weighted by Gasteiger charge is -2.13. The Kier molecular flexibility index (Phi) is 2.49. The Morgan fingerprint density at radius 1 is 1.45 bits per heavy atom. The van der Waals surface area contributed by atoms with E-state index in [9.17, 15) is 0 Å². The first-order valence-corrected chi connectivity index (χ1v) is 4.69. The summed E-state index contributed by atoms with van der Waals surface area (Å²) in [5, 5.41) is 0.222. The van der Waals surface area contributed by atoms with E-state index in [1.54, 1.807) is 0 Å². The van der Waals surface area contributed by atoms with Gasteiger partial charge in [-0.25, -0.2) is 0 Å². The van der Waals surface area contributed by atoms with Gasteiger partial charge in [-0.1, -0.05) is 20.8 Å². The number of aromatic nitrogens is 1. The van der Waals surface area contributed by atoms with Crippen LogP contribution in [0.4, 0.5) is 0 Å². The van der Waals surface area contributed by atoms with Gasteiger partial charge in [0.2, 0.25) is 0 Å². The first kappa shape index (κ1) is 9.32. The topological polar surface area (TPSA) is 26.0 Å². The molecule has 0 radical (unpaired) electrons. The van der Waals surface area contributed by atoms with Crippen molar-refractivity contribution in [2.24, 2.45) is 0 Å². The molecule has 0 aliphatic heterocycles. The van der Waals surface area contributed by atoms with E-state index in [1.165, 1.54) is 0 Å². The third-order valence-corrected chi connectivity index (χ3v) is 2.13. The second-order valence-electron chi connectivity index (χ2n) is 3.34. The zero-order chi connectivity index (χ0) is 8.65. The summed E-state index contributed by atoms with van der Waals surface area (Å²) in [6.07, 6.45) is 0. The van der Waals surface area contributed by atoms with Crippen molar-refractivity contribution in [3.8, 4) is 0 Å². The third kappa shape index (κ3) is 2.08. The molecule has 0 N–H and O–H groups in total. The Bertz CT molecular complexity index is 264. The highest BCUT2D eigenvalue weighted by atomic mass is 127. The molecule has 0 spiro atoms. The third-order valence-electron chi connectivity index (χ3n) is 1.24. The van der Waals surface area contributed by atoms with Crippen molar-refractivity contribution in [3.05, 3.63) is 14.8 Å². The highest BCUT2D eigenvalue weighted by Gasteiger charge is 2.23. The fraction of sp³-hybridized carbons (Fsp3) is 0.571. The fourth-order valence-electron chi connectivity index (χ4n) is 0.740. The van der Waals surface area contributed by atoms with Crippen molar-refractivity contribution < 1.29 is 4.42 Å². The van der Waals surface area contributed by atoms with Crippen LogP contribution >= 0.6 is 34.2 Å². The van der Waals surface area contributed by atoms with Gasteiger partial charge in [-0.05, 0) is 34.2 Å². The summed E-state index contributed by atoms with van der Waals surface area (Å²) in [6.45, 7) is 6.18. The molecule has 2 nitrogen and oxygen atoms in total. The van der Waals surface area contributed by atoms with E-state index in [0.29, 0.717) is 0 Å². The second-order valence-corrected chi connectivity index (χ2v) is 4.68. The number of oxazole rings is 1. The van der Waals surface area contributed by atoms with Gasteiger partial charge in [0.05, 0.1) is 0 Å². The SMILES string of the molecule is CC(C)(C)c1oc(Cl)nc1I. The lowest BCUT2D eigenvalue weighted by Crippen LogP contribution is -2.11. The van der Waals surface area contributed by atoms with Crippen molar-refractivity contribution in [1.82, 2.24) is 4.98 Å². The summed E-state index contributed by atoms with van der Waals surface area (Å²) in [5.74, 6) is 0.850. The van der Waals surface area contributed by atoms with Gasteiger partial charge >= 0.3 is 0 Å². The van der Waals surface area contributed by atoms with Crippen LogP contribution in [0.5, 0.6) is 0 Å². The van der Waals surface area contributed by atoms with Crippen molar-refractivity contribution in [2.45, 2.75) is 26.2 Å². The predicted molar refractivity (Wildman–Crippen MR) is 52.9 cm³/mol. The van der Waals surface area contributed by atoms with Crippen molar-refractivity contribution in [3.63, 3.8) is 0 Å². The minimum atomic E-state index is -0.0172. The molecule has 0 atom stereocenters. The summed E-state index contributed by atoms with van der Waals surface area (Å²) in [4.78, 5) is 3.96. The molecule has 0 amide bonds. The van der Waals surface area contributed by atoms with Gasteiger partial charge in [-0.15, -0.1) is 0 Å². The van der Waals surface area contributed by atoms with Crippen LogP contribution in [-0.4, -0.2) is 4.98 Å². The van der Waals surface area contributed by atoms with E-state index >= 15 is 0 Å². The molecule has 1 heterocycles. The Balaban J connectivity index is 3.13. The van der Waals surface area contributed by atoms with Gasteiger partial charge < -0.3 is 4.42 Å². The summed E-state index contributed by atoms with van der Waals surface area (Å²) in [6, 6.07) is 0. The molecular weight excluding hydrogens is 276 g/mol. The van der Waals surface area contributed by atoms with Gasteiger partial charge in [0.25, 0.3) is 5.35 Å². The van der Waals surface area contributed by atoms with Crippen LogP contribution in [0.25, 0.3) is 0 Å². The normalized spacial score (nSPS) is 12.1. The second kappa shape index (κ2) is 2.94. The number of nitrogens with zero attached hydrogens (tertiary/aromatic N) is 1.